The van der Waals surface area contributed by atoms with E-state index in [4.69, 9.17) is 4.74 Å². The minimum Gasteiger partial charge on any atom is -0.478 e. The van der Waals surface area contributed by atoms with Gasteiger partial charge in [0.25, 0.3) is 6.01 Å². The molecule has 2 aromatic carbocycles. The largest absolute Gasteiger partial charge is 0.478 e. The smallest absolute Gasteiger partial charge is 0.336 e. The Labute approximate surface area is 240 Å². The lowest BCUT2D eigenvalue weighted by atomic mass is 9.86. The monoisotopic (exact) mass is 567 g/mol. The highest BCUT2D eigenvalue weighted by Crippen LogP contribution is 2.30. The van der Waals surface area contributed by atoms with Gasteiger partial charge in [-0.05, 0) is 48.9 Å². The van der Waals surface area contributed by atoms with Crippen LogP contribution in [0.3, 0.4) is 0 Å². The summed E-state index contributed by atoms with van der Waals surface area (Å²) in [6.45, 7) is 4.60. The standard InChI is InChI=1S/C31H38FN3O4S/c1-3-26-27(18-33-29(36)28(40)16-20-10-6-5-7-11-20)35(31(34-26)39-4-2)19-22-15-14-21(17-25(22)32)23-12-8-9-13-24(23)30(37)38/h8-9,12-15,17,20,28,40H,3-7,10-11,16,18-19H2,1-2H3,(H,33,36)(H,37,38). The molecule has 40 heavy (non-hydrogen) atoms. The van der Waals surface area contributed by atoms with Gasteiger partial charge in [0, 0.05) is 5.56 Å². The summed E-state index contributed by atoms with van der Waals surface area (Å²) in [6.07, 6.45) is 7.40. The van der Waals surface area contributed by atoms with Gasteiger partial charge in [-0.2, -0.15) is 17.6 Å². The summed E-state index contributed by atoms with van der Waals surface area (Å²) in [4.78, 5) is 29.2. The molecule has 1 saturated carbocycles. The van der Waals surface area contributed by atoms with Crippen LogP contribution in [-0.4, -0.2) is 38.4 Å². The summed E-state index contributed by atoms with van der Waals surface area (Å²) in [5, 5.41) is 12.2. The lowest BCUT2D eigenvalue weighted by molar-refractivity contribution is -0.121. The molecule has 7 nitrogen and oxygen atoms in total. The van der Waals surface area contributed by atoms with Gasteiger partial charge in [0.15, 0.2) is 0 Å². The Morgan fingerprint density at radius 1 is 1.18 bits per heavy atom. The van der Waals surface area contributed by atoms with E-state index in [1.54, 1.807) is 34.9 Å². The summed E-state index contributed by atoms with van der Waals surface area (Å²) >= 11 is 4.60. The fraction of sp³-hybridized carbons (Fsp3) is 0.452. The van der Waals surface area contributed by atoms with Crippen molar-refractivity contribution in [1.82, 2.24) is 14.9 Å². The Balaban J connectivity index is 1.55. The molecule has 0 radical (unpaired) electrons. The van der Waals surface area contributed by atoms with Gasteiger partial charge in [-0.3, -0.25) is 9.36 Å². The third kappa shape index (κ3) is 7.05. The molecule has 1 heterocycles. The van der Waals surface area contributed by atoms with Gasteiger partial charge in [0.05, 0.1) is 41.9 Å². The number of rotatable bonds is 12. The van der Waals surface area contributed by atoms with Crippen LogP contribution in [0.1, 0.15) is 79.7 Å². The van der Waals surface area contributed by atoms with Crippen molar-refractivity contribution in [3.8, 4) is 17.1 Å². The Kier molecular flexibility index (Phi) is 10.3. The molecule has 0 spiro atoms. The Hall–Kier alpha value is -3.33. The number of nitrogens with zero attached hydrogens (tertiary/aromatic N) is 2. The zero-order valence-electron chi connectivity index (χ0n) is 23.2. The average molecular weight is 568 g/mol. The van der Waals surface area contributed by atoms with Gasteiger partial charge in [-0.1, -0.05) is 69.4 Å². The van der Waals surface area contributed by atoms with Crippen LogP contribution in [0.15, 0.2) is 42.5 Å². The van der Waals surface area contributed by atoms with E-state index in [9.17, 15) is 14.7 Å². The van der Waals surface area contributed by atoms with E-state index in [1.165, 1.54) is 31.4 Å². The Morgan fingerprint density at radius 2 is 1.93 bits per heavy atom. The highest BCUT2D eigenvalue weighted by Gasteiger charge is 2.24. The second-order valence-corrected chi connectivity index (χ2v) is 10.9. The fourth-order valence-corrected chi connectivity index (χ4v) is 5.85. The minimum atomic E-state index is -1.07. The highest BCUT2D eigenvalue weighted by atomic mass is 32.1. The van der Waals surface area contributed by atoms with Crippen LogP contribution >= 0.6 is 12.6 Å². The first kappa shape index (κ1) is 29.6. The summed E-state index contributed by atoms with van der Waals surface area (Å²) in [6, 6.07) is 11.6. The van der Waals surface area contributed by atoms with Gasteiger partial charge in [-0.15, -0.1) is 0 Å². The number of ether oxygens (including phenoxy) is 1. The number of thiol groups is 1. The summed E-state index contributed by atoms with van der Waals surface area (Å²) in [7, 11) is 0. The van der Waals surface area contributed by atoms with E-state index >= 15 is 4.39 Å². The number of imidazole rings is 1. The molecule has 0 bridgehead atoms. The maximum atomic E-state index is 15.4. The predicted octanol–water partition coefficient (Wildman–Crippen LogP) is 6.28. The van der Waals surface area contributed by atoms with E-state index < -0.39 is 11.8 Å². The van der Waals surface area contributed by atoms with Crippen molar-refractivity contribution in [2.24, 2.45) is 5.92 Å². The number of carboxylic acids is 1. The summed E-state index contributed by atoms with van der Waals surface area (Å²) < 4.78 is 23.0. The van der Waals surface area contributed by atoms with Gasteiger partial charge < -0.3 is 15.2 Å². The zero-order chi connectivity index (χ0) is 28.6. The van der Waals surface area contributed by atoms with Crippen LogP contribution in [-0.2, 0) is 24.3 Å². The molecule has 1 aliphatic carbocycles. The minimum absolute atomic E-state index is 0.111. The molecule has 0 aliphatic heterocycles. The van der Waals surface area contributed by atoms with Crippen molar-refractivity contribution in [3.05, 3.63) is 70.8 Å². The SMILES string of the molecule is CCOc1nc(CC)c(CNC(=O)C(S)CC2CCCCC2)n1Cc1ccc(-c2ccccc2C(=O)O)cc1F. The topological polar surface area (TPSA) is 93.5 Å². The normalized spacial score (nSPS) is 14.6. The van der Waals surface area contributed by atoms with Gasteiger partial charge in [-0.25, -0.2) is 9.18 Å². The van der Waals surface area contributed by atoms with E-state index in [1.807, 2.05) is 13.8 Å². The van der Waals surface area contributed by atoms with Crippen molar-refractivity contribution in [3.63, 3.8) is 0 Å². The molecule has 9 heteroatoms. The molecule has 3 aromatic rings. The number of aryl methyl sites for hydroxylation is 1. The van der Waals surface area contributed by atoms with Crippen LogP contribution in [0.4, 0.5) is 4.39 Å². The summed E-state index contributed by atoms with van der Waals surface area (Å²) in [5.41, 5.74) is 2.98. The van der Waals surface area contributed by atoms with Crippen LogP contribution in [0, 0.1) is 11.7 Å². The highest BCUT2D eigenvalue weighted by molar-refractivity contribution is 7.81. The molecule has 1 fully saturated rings. The number of aromatic nitrogens is 2. The molecule has 1 amide bonds. The van der Waals surface area contributed by atoms with E-state index in [2.05, 4.69) is 22.9 Å². The second-order valence-electron chi connectivity index (χ2n) is 10.3. The number of carboxylic acid groups (broad SMARTS) is 1. The molecular formula is C31H38FN3O4S. The van der Waals surface area contributed by atoms with Crippen LogP contribution in [0.25, 0.3) is 11.1 Å². The van der Waals surface area contributed by atoms with Crippen molar-refractivity contribution in [2.75, 3.05) is 6.61 Å². The van der Waals surface area contributed by atoms with Crippen LogP contribution in [0.5, 0.6) is 6.01 Å². The Morgan fingerprint density at radius 3 is 2.60 bits per heavy atom. The molecular weight excluding hydrogens is 529 g/mol. The first-order chi connectivity index (χ1) is 19.3. The van der Waals surface area contributed by atoms with Crippen molar-refractivity contribution < 1.29 is 23.8 Å². The molecule has 1 unspecified atom stereocenters. The number of carbonyl (C=O) groups excluding carboxylic acids is 1. The number of amides is 1. The van der Waals surface area contributed by atoms with Gasteiger partial charge in [0.1, 0.15) is 5.82 Å². The third-order valence-electron chi connectivity index (χ3n) is 7.59. The predicted molar refractivity (Wildman–Crippen MR) is 156 cm³/mol. The zero-order valence-corrected chi connectivity index (χ0v) is 24.1. The van der Waals surface area contributed by atoms with E-state index in [0.717, 1.165) is 30.7 Å². The van der Waals surface area contributed by atoms with Crippen LogP contribution < -0.4 is 10.1 Å². The Bertz CT molecular complexity index is 1340. The molecule has 1 aliphatic rings. The first-order valence-electron chi connectivity index (χ1n) is 14.1. The van der Waals surface area contributed by atoms with Gasteiger partial charge >= 0.3 is 5.97 Å². The molecule has 1 atom stereocenters. The number of aromatic carboxylic acids is 1. The molecule has 4 rings (SSSR count). The third-order valence-corrected chi connectivity index (χ3v) is 8.04. The maximum Gasteiger partial charge on any atom is 0.336 e. The maximum absolute atomic E-state index is 15.4. The van der Waals surface area contributed by atoms with E-state index in [-0.39, 0.29) is 29.8 Å². The molecule has 1 aromatic heterocycles. The van der Waals surface area contributed by atoms with Crippen molar-refractivity contribution in [2.45, 2.75) is 77.1 Å². The molecule has 2 N–H and O–H groups in total. The average Bonchev–Trinajstić information content (AvgIpc) is 3.29. The van der Waals surface area contributed by atoms with E-state index in [0.29, 0.717) is 41.6 Å². The van der Waals surface area contributed by atoms with Crippen molar-refractivity contribution >= 4 is 24.5 Å². The number of benzene rings is 2. The lowest BCUT2D eigenvalue weighted by Crippen LogP contribution is -2.33. The number of carbonyl (C=O) groups is 2. The molecule has 214 valence electrons. The fourth-order valence-electron chi connectivity index (χ4n) is 5.46. The van der Waals surface area contributed by atoms with Gasteiger partial charge in [0.2, 0.25) is 5.91 Å². The number of hydrogen-bond acceptors (Lipinski definition) is 5. The quantitative estimate of drug-likeness (QED) is 0.224. The summed E-state index contributed by atoms with van der Waals surface area (Å²) in [5.74, 6) is -1.11. The lowest BCUT2D eigenvalue weighted by Gasteiger charge is -2.24. The first-order valence-corrected chi connectivity index (χ1v) is 14.6. The molecule has 0 saturated heterocycles. The number of nitrogens with one attached hydrogen (secondary N) is 1. The number of hydrogen-bond donors (Lipinski definition) is 3. The van der Waals surface area contributed by atoms with Crippen molar-refractivity contribution in [1.29, 1.82) is 0 Å². The second kappa shape index (κ2) is 13.8. The number of halogens is 1. The van der Waals surface area contributed by atoms with Crippen LogP contribution in [0.2, 0.25) is 0 Å².